The number of thioether (sulfide) groups is 4. The molecule has 0 unspecified atom stereocenters. The van der Waals surface area contributed by atoms with Crippen LogP contribution < -0.4 is 0 Å². The van der Waals surface area contributed by atoms with Gasteiger partial charge in [-0.2, -0.15) is 28.8 Å². The second kappa shape index (κ2) is 18.6. The second-order valence-electron chi connectivity index (χ2n) is 14.9. The molecule has 45 heavy (non-hydrogen) atoms. The van der Waals surface area contributed by atoms with E-state index in [1.54, 1.807) is 4.24 Å². The minimum absolute atomic E-state index is 0.0278. The molecule has 8 aliphatic rings. The molecule has 0 bridgehead atoms. The number of carbonyl (C=O) groups excluding carboxylic acids is 1. The number of ketones is 1. The van der Waals surface area contributed by atoms with Crippen LogP contribution in [0.25, 0.3) is 0 Å². The highest BCUT2D eigenvalue weighted by molar-refractivity contribution is 8.22. The van der Waals surface area contributed by atoms with E-state index in [4.69, 9.17) is 15.5 Å². The van der Waals surface area contributed by atoms with Crippen molar-refractivity contribution in [3.63, 3.8) is 0 Å². The highest BCUT2D eigenvalue weighted by Gasteiger charge is 2.45. The maximum atomic E-state index is 11.0. The molecule has 0 aromatic rings. The Morgan fingerprint density at radius 2 is 1.16 bits per heavy atom. The maximum Gasteiger partial charge on any atom is 0.307 e. The van der Waals surface area contributed by atoms with Crippen LogP contribution in [-0.2, 0) is 9.59 Å². The molecule has 0 aromatic heterocycles. The smallest absolute Gasteiger partial charge is 0.307 e. The van der Waals surface area contributed by atoms with Crippen molar-refractivity contribution in [1.29, 1.82) is 5.26 Å². The highest BCUT2D eigenvalue weighted by atomic mass is 32.2. The molecular formula is C35H57NO4S4Si. The predicted molar refractivity (Wildman–Crippen MR) is 198 cm³/mol. The Bertz CT molecular complexity index is 981. The molecule has 5 nitrogen and oxygen atoms in total. The third kappa shape index (κ3) is 14.5. The quantitative estimate of drug-likeness (QED) is 0.189. The summed E-state index contributed by atoms with van der Waals surface area (Å²) in [6.45, 7) is 7.05. The fourth-order valence-electron chi connectivity index (χ4n) is 5.81. The first-order chi connectivity index (χ1) is 21.6. The SMILES string of the molecule is C1CSC(=C(C2CC2)C2CC2)SC1.C[Si](C)(C)C1SCCCS1.N#CCO.O=C(C1CC1)C1CC1.O=C(O)C(C1CC1)C1CC1. The van der Waals surface area contributed by atoms with E-state index < -0.39 is 14.0 Å². The standard InChI is InChI=1S/C11H16S2.C8H12O2.C7H10O.C7H16S2Si.C2H3NO/c1-6-12-11(13-7-1)10(8-2-3-8)9-4-5-9;9-8(10)7(5-1-2-5)6-3-4-6;8-7(5-1-2-5)6-3-4-6;1-10(2,3)7-8-5-4-6-9-7;3-1-2-4/h8-9H,1-7H2;5-7H,1-4H2,(H,9,10);5-6H,1-4H2;7H,4-6H2,1-3H3;4H,2H2. The van der Waals surface area contributed by atoms with Crippen molar-refractivity contribution in [3.05, 3.63) is 9.81 Å². The fraction of sp³-hybridized carbons (Fsp3) is 0.857. The van der Waals surface area contributed by atoms with Gasteiger partial charge in [0, 0.05) is 20.3 Å². The van der Waals surface area contributed by atoms with Crippen LogP contribution in [0.1, 0.15) is 89.9 Å². The largest absolute Gasteiger partial charge is 0.481 e. The number of nitrogens with zero attached hydrogens (tertiary/aromatic N) is 1. The van der Waals surface area contributed by atoms with Gasteiger partial charge < -0.3 is 10.2 Å². The number of nitriles is 1. The predicted octanol–water partition coefficient (Wildman–Crippen LogP) is 9.33. The summed E-state index contributed by atoms with van der Waals surface area (Å²) in [6.07, 6.45) is 18.2. The average molecular weight is 712 g/mol. The summed E-state index contributed by atoms with van der Waals surface area (Å²) in [6, 6.07) is 1.49. The summed E-state index contributed by atoms with van der Waals surface area (Å²) in [5, 5.41) is 23.7. The molecule has 2 saturated heterocycles. The number of aliphatic carboxylic acids is 1. The lowest BCUT2D eigenvalue weighted by Gasteiger charge is -2.30. The molecule has 6 saturated carbocycles. The van der Waals surface area contributed by atoms with E-state index in [2.05, 4.69) is 66.7 Å². The van der Waals surface area contributed by atoms with Crippen LogP contribution in [0.5, 0.6) is 0 Å². The number of allylic oxidation sites excluding steroid dienone is 1. The zero-order valence-electron chi connectivity index (χ0n) is 27.8. The van der Waals surface area contributed by atoms with Gasteiger partial charge in [0.25, 0.3) is 0 Å². The molecule has 0 atom stereocenters. The van der Waals surface area contributed by atoms with Crippen LogP contribution in [0.3, 0.4) is 0 Å². The number of Topliss-reactive ketones (excluding diaryl/α,β-unsaturated/α-hetero) is 1. The molecule has 6 aliphatic carbocycles. The molecule has 0 amide bonds. The highest BCUT2D eigenvalue weighted by Crippen LogP contribution is 2.55. The van der Waals surface area contributed by atoms with Crippen LogP contribution in [0.15, 0.2) is 9.81 Å². The number of rotatable bonds is 8. The van der Waals surface area contributed by atoms with Crippen molar-refractivity contribution in [1.82, 2.24) is 0 Å². The van der Waals surface area contributed by atoms with Gasteiger partial charge in [-0.1, -0.05) is 19.6 Å². The number of hydrogen-bond acceptors (Lipinski definition) is 8. The zero-order chi connectivity index (χ0) is 32.4. The lowest BCUT2D eigenvalue weighted by Crippen LogP contribution is -2.35. The van der Waals surface area contributed by atoms with Gasteiger partial charge in [0.2, 0.25) is 0 Å². The minimum Gasteiger partial charge on any atom is -0.481 e. The van der Waals surface area contributed by atoms with Gasteiger partial charge in [-0.05, 0) is 142 Å². The molecule has 0 aromatic carbocycles. The lowest BCUT2D eigenvalue weighted by molar-refractivity contribution is -0.143. The molecule has 10 heteroatoms. The first-order valence-electron chi connectivity index (χ1n) is 17.6. The van der Waals surface area contributed by atoms with E-state index in [1.165, 1.54) is 93.3 Å². The van der Waals surface area contributed by atoms with Gasteiger partial charge in [0.1, 0.15) is 12.4 Å². The van der Waals surface area contributed by atoms with Gasteiger partial charge >= 0.3 is 5.97 Å². The number of hydrogen-bond donors (Lipinski definition) is 2. The van der Waals surface area contributed by atoms with Crippen molar-refractivity contribution in [3.8, 4) is 6.07 Å². The topological polar surface area (TPSA) is 98.4 Å². The van der Waals surface area contributed by atoms with E-state index in [-0.39, 0.29) is 12.5 Å². The Kier molecular flexibility index (Phi) is 15.6. The number of carbonyl (C=O) groups is 2. The van der Waals surface area contributed by atoms with Gasteiger partial charge in [-0.15, -0.1) is 23.5 Å². The van der Waals surface area contributed by atoms with Crippen molar-refractivity contribution in [2.24, 2.45) is 41.4 Å². The summed E-state index contributed by atoms with van der Waals surface area (Å²) >= 11 is 8.69. The van der Waals surface area contributed by atoms with Crippen LogP contribution >= 0.6 is 47.0 Å². The number of carboxylic acids is 1. The van der Waals surface area contributed by atoms with Gasteiger partial charge in [0.05, 0.1) is 20.1 Å². The van der Waals surface area contributed by atoms with Gasteiger partial charge in [-0.25, -0.2) is 0 Å². The summed E-state index contributed by atoms with van der Waals surface area (Å²) < 4.78 is 2.72. The van der Waals surface area contributed by atoms with Crippen molar-refractivity contribution >= 4 is 66.9 Å². The monoisotopic (exact) mass is 711 g/mol. The molecule has 2 aliphatic heterocycles. The number of aliphatic hydroxyl groups is 1. The molecule has 2 N–H and O–H groups in total. The van der Waals surface area contributed by atoms with Gasteiger partial charge in [-0.3, -0.25) is 9.59 Å². The number of carboxylic acid groups (broad SMARTS) is 1. The zero-order valence-corrected chi connectivity index (χ0v) is 32.1. The summed E-state index contributed by atoms with van der Waals surface area (Å²) in [5.74, 6) is 9.80. The van der Waals surface area contributed by atoms with Crippen molar-refractivity contribution in [2.75, 3.05) is 29.6 Å². The second-order valence-corrected chi connectivity index (χ2v) is 26.3. The first-order valence-corrected chi connectivity index (χ1v) is 25.3. The first kappa shape index (κ1) is 37.8. The Morgan fingerprint density at radius 3 is 1.44 bits per heavy atom. The molecular weight excluding hydrogens is 655 g/mol. The van der Waals surface area contributed by atoms with Crippen LogP contribution in [0, 0.1) is 52.8 Å². The molecule has 254 valence electrons. The van der Waals surface area contributed by atoms with E-state index in [0.717, 1.165) is 41.7 Å². The Balaban J connectivity index is 0.000000133. The minimum atomic E-state index is -0.830. The van der Waals surface area contributed by atoms with Crippen molar-refractivity contribution < 1.29 is 19.8 Å². The van der Waals surface area contributed by atoms with E-state index in [9.17, 15) is 9.59 Å². The van der Waals surface area contributed by atoms with Crippen LogP contribution in [0.4, 0.5) is 0 Å². The van der Waals surface area contributed by atoms with Crippen LogP contribution in [-0.4, -0.2) is 63.9 Å². The lowest BCUT2D eigenvalue weighted by atomic mass is 9.99. The fourth-order valence-corrected chi connectivity index (χ4v) is 15.7. The van der Waals surface area contributed by atoms with E-state index >= 15 is 0 Å². The Labute approximate surface area is 291 Å². The van der Waals surface area contributed by atoms with E-state index in [1.807, 2.05) is 5.57 Å². The van der Waals surface area contributed by atoms with E-state index in [0.29, 0.717) is 29.5 Å². The third-order valence-corrected chi connectivity index (χ3v) is 21.0. The third-order valence-electron chi connectivity index (χ3n) is 9.13. The van der Waals surface area contributed by atoms with Crippen molar-refractivity contribution in [2.45, 2.75) is 114 Å². The Morgan fingerprint density at radius 1 is 0.756 bits per heavy atom. The maximum absolute atomic E-state index is 11.0. The summed E-state index contributed by atoms with van der Waals surface area (Å²) in [5.41, 5.74) is 1.90. The normalized spacial score (nSPS) is 24.6. The molecule has 8 rings (SSSR count). The number of aliphatic hydroxyl groups excluding tert-OH is 1. The average Bonchev–Trinajstić information content (AvgIpc) is 3.85. The van der Waals surface area contributed by atoms with Gasteiger partial charge in [0.15, 0.2) is 0 Å². The summed E-state index contributed by atoms with van der Waals surface area (Å²) in [7, 11) is -0.830. The molecule has 0 radical (unpaired) electrons. The summed E-state index contributed by atoms with van der Waals surface area (Å²) in [4.78, 5) is 21.6. The molecule has 8 fully saturated rings. The molecule has 0 spiro atoms. The molecule has 2 heterocycles. The Hall–Kier alpha value is -0.0531. The van der Waals surface area contributed by atoms with Crippen LogP contribution in [0.2, 0.25) is 19.6 Å².